The molecular formula is C21H32N4O2. The molecule has 1 atom stereocenters. The van der Waals surface area contributed by atoms with Crippen molar-refractivity contribution in [1.82, 2.24) is 20.0 Å². The first-order valence-electron chi connectivity index (χ1n) is 10.2. The van der Waals surface area contributed by atoms with Gasteiger partial charge >= 0.3 is 6.03 Å². The lowest BCUT2D eigenvalue weighted by Crippen LogP contribution is -2.48. The smallest absolute Gasteiger partial charge is 0.317 e. The molecule has 3 rings (SSSR count). The van der Waals surface area contributed by atoms with Crippen LogP contribution in [0.15, 0.2) is 24.3 Å². The third-order valence-electron chi connectivity index (χ3n) is 5.73. The molecule has 0 aliphatic carbocycles. The topological polar surface area (TPSA) is 55.9 Å². The molecule has 0 aromatic heterocycles. The maximum absolute atomic E-state index is 13.0. The predicted octanol–water partition coefficient (Wildman–Crippen LogP) is 2.37. The van der Waals surface area contributed by atoms with Gasteiger partial charge in [-0.2, -0.15) is 0 Å². The SMILES string of the molecule is CCCN1CCN(C(=O)c2cccc(C3CCCN(C(=O)NC)C3)c2)CC1. The molecule has 0 bridgehead atoms. The zero-order chi connectivity index (χ0) is 19.2. The molecule has 2 heterocycles. The molecule has 6 heteroatoms. The number of carbonyl (C=O) groups excluding carboxylic acids is 2. The summed E-state index contributed by atoms with van der Waals surface area (Å²) in [6, 6.07) is 8.02. The molecule has 0 spiro atoms. The van der Waals surface area contributed by atoms with Gasteiger partial charge in [0.2, 0.25) is 0 Å². The van der Waals surface area contributed by atoms with E-state index in [2.05, 4.69) is 23.2 Å². The minimum absolute atomic E-state index is 0.0168. The van der Waals surface area contributed by atoms with Crippen LogP contribution in [0.1, 0.15) is 48.0 Å². The normalized spacial score (nSPS) is 21.2. The van der Waals surface area contributed by atoms with E-state index in [1.807, 2.05) is 28.0 Å². The first kappa shape index (κ1) is 19.7. The number of urea groups is 1. The van der Waals surface area contributed by atoms with E-state index in [1.165, 1.54) is 5.56 Å². The first-order chi connectivity index (χ1) is 13.1. The van der Waals surface area contributed by atoms with E-state index in [9.17, 15) is 9.59 Å². The van der Waals surface area contributed by atoms with Gasteiger partial charge < -0.3 is 15.1 Å². The highest BCUT2D eigenvalue weighted by molar-refractivity contribution is 5.94. The Hall–Kier alpha value is -2.08. The Morgan fingerprint density at radius 1 is 1.11 bits per heavy atom. The van der Waals surface area contributed by atoms with Crippen molar-refractivity contribution in [3.8, 4) is 0 Å². The minimum atomic E-state index is -0.0168. The molecule has 3 amide bonds. The van der Waals surface area contributed by atoms with Crippen molar-refractivity contribution in [2.45, 2.75) is 32.1 Å². The number of rotatable bonds is 4. The first-order valence-corrected chi connectivity index (χ1v) is 10.2. The number of likely N-dealkylation sites (tertiary alicyclic amines) is 1. The van der Waals surface area contributed by atoms with Gasteiger partial charge in [-0.1, -0.05) is 19.1 Å². The summed E-state index contributed by atoms with van der Waals surface area (Å²) in [5, 5.41) is 2.71. The summed E-state index contributed by atoms with van der Waals surface area (Å²) in [4.78, 5) is 31.2. The van der Waals surface area contributed by atoms with Crippen LogP contribution in [0.5, 0.6) is 0 Å². The molecule has 27 heavy (non-hydrogen) atoms. The van der Waals surface area contributed by atoms with Crippen molar-refractivity contribution in [3.63, 3.8) is 0 Å². The third kappa shape index (κ3) is 4.80. The zero-order valence-electron chi connectivity index (χ0n) is 16.6. The average molecular weight is 373 g/mol. The molecule has 0 saturated carbocycles. The number of amides is 3. The van der Waals surface area contributed by atoms with Crippen molar-refractivity contribution in [3.05, 3.63) is 35.4 Å². The van der Waals surface area contributed by atoms with Crippen LogP contribution in [0.3, 0.4) is 0 Å². The quantitative estimate of drug-likeness (QED) is 0.883. The number of piperidine rings is 1. The summed E-state index contributed by atoms with van der Waals surface area (Å²) < 4.78 is 0. The number of piperazine rings is 1. The minimum Gasteiger partial charge on any atom is -0.341 e. The van der Waals surface area contributed by atoms with Gasteiger partial charge in [0.1, 0.15) is 0 Å². The lowest BCUT2D eigenvalue weighted by molar-refractivity contribution is 0.0637. The third-order valence-corrected chi connectivity index (χ3v) is 5.73. The molecule has 0 radical (unpaired) electrons. The van der Waals surface area contributed by atoms with Crippen LogP contribution >= 0.6 is 0 Å². The van der Waals surface area contributed by atoms with Gasteiger partial charge in [0.25, 0.3) is 5.91 Å². The van der Waals surface area contributed by atoms with E-state index in [-0.39, 0.29) is 11.9 Å². The molecule has 6 nitrogen and oxygen atoms in total. The van der Waals surface area contributed by atoms with Crippen LogP contribution in [0, 0.1) is 0 Å². The van der Waals surface area contributed by atoms with E-state index >= 15 is 0 Å². The average Bonchev–Trinajstić information content (AvgIpc) is 2.73. The Kier molecular flexibility index (Phi) is 6.72. The fraction of sp³-hybridized carbons (Fsp3) is 0.619. The van der Waals surface area contributed by atoms with Crippen LogP contribution in [-0.4, -0.2) is 79.5 Å². The predicted molar refractivity (Wildman–Crippen MR) is 107 cm³/mol. The van der Waals surface area contributed by atoms with E-state index in [4.69, 9.17) is 0 Å². The highest BCUT2D eigenvalue weighted by Gasteiger charge is 2.26. The van der Waals surface area contributed by atoms with Crippen LogP contribution in [0.25, 0.3) is 0 Å². The van der Waals surface area contributed by atoms with Gasteiger partial charge in [-0.3, -0.25) is 9.69 Å². The molecular weight excluding hydrogens is 340 g/mol. The fourth-order valence-electron chi connectivity index (χ4n) is 4.19. The Morgan fingerprint density at radius 2 is 1.89 bits per heavy atom. The van der Waals surface area contributed by atoms with Crippen molar-refractivity contribution in [2.75, 3.05) is 52.9 Å². The number of hydrogen-bond donors (Lipinski definition) is 1. The van der Waals surface area contributed by atoms with Gasteiger partial charge in [0.15, 0.2) is 0 Å². The Morgan fingerprint density at radius 3 is 2.59 bits per heavy atom. The highest BCUT2D eigenvalue weighted by atomic mass is 16.2. The molecule has 148 valence electrons. The zero-order valence-corrected chi connectivity index (χ0v) is 16.6. The summed E-state index contributed by atoms with van der Waals surface area (Å²) >= 11 is 0. The molecule has 2 fully saturated rings. The number of benzene rings is 1. The van der Waals surface area contributed by atoms with Gasteiger partial charge in [-0.05, 0) is 43.5 Å². The Bertz CT molecular complexity index is 655. The summed E-state index contributed by atoms with van der Waals surface area (Å²) in [6.07, 6.45) is 3.21. The van der Waals surface area contributed by atoms with Gasteiger partial charge in [-0.15, -0.1) is 0 Å². The summed E-state index contributed by atoms with van der Waals surface area (Å²) in [7, 11) is 1.67. The lowest BCUT2D eigenvalue weighted by Gasteiger charge is -2.35. The number of nitrogens with one attached hydrogen (secondary N) is 1. The van der Waals surface area contributed by atoms with Gasteiger partial charge in [-0.25, -0.2) is 4.79 Å². The van der Waals surface area contributed by atoms with Crippen LogP contribution in [0.4, 0.5) is 4.79 Å². The van der Waals surface area contributed by atoms with Crippen molar-refractivity contribution in [2.24, 2.45) is 0 Å². The molecule has 2 aliphatic rings. The number of nitrogens with zero attached hydrogens (tertiary/aromatic N) is 3. The molecule has 1 N–H and O–H groups in total. The van der Waals surface area contributed by atoms with Crippen LogP contribution in [0.2, 0.25) is 0 Å². The Labute approximate surface area is 162 Å². The summed E-state index contributed by atoms with van der Waals surface area (Å²) in [5.74, 6) is 0.428. The number of carbonyl (C=O) groups is 2. The van der Waals surface area contributed by atoms with Crippen molar-refractivity contribution >= 4 is 11.9 Å². The highest BCUT2D eigenvalue weighted by Crippen LogP contribution is 2.28. The standard InChI is InChI=1S/C21H32N4O2/c1-3-9-23-11-13-24(14-12-23)20(26)18-7-4-6-17(15-18)19-8-5-10-25(16-19)21(27)22-2/h4,6-7,15,19H,3,5,8-14,16H2,1-2H3,(H,22,27). The monoisotopic (exact) mass is 372 g/mol. The van der Waals surface area contributed by atoms with E-state index in [0.717, 1.165) is 64.1 Å². The summed E-state index contributed by atoms with van der Waals surface area (Å²) in [6.45, 7) is 8.35. The van der Waals surface area contributed by atoms with Crippen LogP contribution < -0.4 is 5.32 Å². The number of hydrogen-bond acceptors (Lipinski definition) is 3. The maximum atomic E-state index is 13.0. The van der Waals surface area contributed by atoms with Gasteiger partial charge in [0.05, 0.1) is 0 Å². The van der Waals surface area contributed by atoms with E-state index in [0.29, 0.717) is 12.5 Å². The van der Waals surface area contributed by atoms with Crippen molar-refractivity contribution < 1.29 is 9.59 Å². The Balaban J connectivity index is 1.65. The molecule has 1 aromatic rings. The largest absolute Gasteiger partial charge is 0.341 e. The maximum Gasteiger partial charge on any atom is 0.317 e. The summed E-state index contributed by atoms with van der Waals surface area (Å²) in [5.41, 5.74) is 1.94. The van der Waals surface area contributed by atoms with Crippen molar-refractivity contribution in [1.29, 1.82) is 0 Å². The van der Waals surface area contributed by atoms with E-state index in [1.54, 1.807) is 7.05 Å². The molecule has 1 unspecified atom stereocenters. The molecule has 2 saturated heterocycles. The van der Waals surface area contributed by atoms with E-state index < -0.39 is 0 Å². The molecule has 2 aliphatic heterocycles. The second kappa shape index (κ2) is 9.22. The molecule has 1 aromatic carbocycles. The van der Waals surface area contributed by atoms with Crippen LogP contribution in [-0.2, 0) is 0 Å². The lowest BCUT2D eigenvalue weighted by atomic mass is 9.89. The second-order valence-electron chi connectivity index (χ2n) is 7.60. The fourth-order valence-corrected chi connectivity index (χ4v) is 4.19. The van der Waals surface area contributed by atoms with Gasteiger partial charge in [0, 0.05) is 57.8 Å². The second-order valence-corrected chi connectivity index (χ2v) is 7.60.